The number of nitrogens with two attached hydrogens (primary N) is 1. The van der Waals surface area contributed by atoms with E-state index in [4.69, 9.17) is 10.5 Å². The highest BCUT2D eigenvalue weighted by Gasteiger charge is 2.29. The van der Waals surface area contributed by atoms with Gasteiger partial charge in [0.05, 0.1) is 5.69 Å². The number of halogens is 3. The molecule has 7 heteroatoms. The summed E-state index contributed by atoms with van der Waals surface area (Å²) in [6, 6.07) is 5.50. The van der Waals surface area contributed by atoms with Crippen molar-refractivity contribution in [2.24, 2.45) is 0 Å². The summed E-state index contributed by atoms with van der Waals surface area (Å²) in [7, 11) is 0. The molecule has 2 N–H and O–H groups in total. The van der Waals surface area contributed by atoms with Crippen molar-refractivity contribution in [3.63, 3.8) is 0 Å². The minimum absolute atomic E-state index is 0.0844. The molecule has 1 aliphatic rings. The molecule has 1 saturated heterocycles. The van der Waals surface area contributed by atoms with Gasteiger partial charge in [-0.2, -0.15) is 13.2 Å². The van der Waals surface area contributed by atoms with Crippen molar-refractivity contribution in [2.75, 3.05) is 43.4 Å². The van der Waals surface area contributed by atoms with E-state index in [0.717, 1.165) is 31.9 Å². The van der Waals surface area contributed by atoms with E-state index >= 15 is 0 Å². The van der Waals surface area contributed by atoms with Gasteiger partial charge < -0.3 is 15.4 Å². The van der Waals surface area contributed by atoms with Crippen LogP contribution in [0.5, 0.6) is 5.75 Å². The maximum atomic E-state index is 12.3. The van der Waals surface area contributed by atoms with Gasteiger partial charge in [-0.15, -0.1) is 0 Å². The Bertz CT molecular complexity index is 497. The number of rotatable bonds is 4. The Morgan fingerprint density at radius 3 is 2.36 bits per heavy atom. The van der Waals surface area contributed by atoms with Gasteiger partial charge >= 0.3 is 6.18 Å². The maximum absolute atomic E-state index is 12.3. The molecular weight excluding hydrogens is 295 g/mol. The highest BCUT2D eigenvalue weighted by molar-refractivity contribution is 5.62. The number of alkyl halides is 3. The number of nitrogen functional groups attached to an aromatic ring is 1. The third kappa shape index (κ3) is 4.43. The molecule has 1 heterocycles. The maximum Gasteiger partial charge on any atom is 0.422 e. The fourth-order valence-electron chi connectivity index (χ4n) is 2.50. The van der Waals surface area contributed by atoms with Crippen molar-refractivity contribution < 1.29 is 17.9 Å². The van der Waals surface area contributed by atoms with Crippen molar-refractivity contribution in [1.82, 2.24) is 4.90 Å². The molecule has 2 rings (SSSR count). The zero-order chi connectivity index (χ0) is 16.3. The highest BCUT2D eigenvalue weighted by atomic mass is 19.4. The first-order chi connectivity index (χ1) is 10.3. The molecule has 4 nitrogen and oxygen atoms in total. The monoisotopic (exact) mass is 317 g/mol. The van der Waals surface area contributed by atoms with Crippen molar-refractivity contribution in [3.05, 3.63) is 18.2 Å². The van der Waals surface area contributed by atoms with Crippen molar-refractivity contribution in [3.8, 4) is 5.75 Å². The molecule has 0 saturated carbocycles. The summed E-state index contributed by atoms with van der Waals surface area (Å²) < 4.78 is 41.6. The summed E-state index contributed by atoms with van der Waals surface area (Å²) in [6.45, 7) is 6.51. The van der Waals surface area contributed by atoms with E-state index in [1.807, 2.05) is 6.07 Å². The number of hydrogen-bond donors (Lipinski definition) is 1. The van der Waals surface area contributed by atoms with E-state index in [1.165, 1.54) is 0 Å². The van der Waals surface area contributed by atoms with Crippen LogP contribution in [0.25, 0.3) is 0 Å². The lowest BCUT2D eigenvalue weighted by molar-refractivity contribution is -0.153. The van der Waals surface area contributed by atoms with E-state index in [9.17, 15) is 13.2 Å². The van der Waals surface area contributed by atoms with E-state index in [0.29, 0.717) is 6.04 Å². The summed E-state index contributed by atoms with van der Waals surface area (Å²) in [4.78, 5) is 4.51. The van der Waals surface area contributed by atoms with Crippen LogP contribution < -0.4 is 15.4 Å². The average Bonchev–Trinajstić information content (AvgIpc) is 2.45. The Kier molecular flexibility index (Phi) is 5.05. The first kappa shape index (κ1) is 16.7. The molecule has 0 spiro atoms. The van der Waals surface area contributed by atoms with Crippen LogP contribution in [0.3, 0.4) is 0 Å². The summed E-state index contributed by atoms with van der Waals surface area (Å²) in [6.07, 6.45) is -4.37. The van der Waals surface area contributed by atoms with Gasteiger partial charge in [-0.3, -0.25) is 4.90 Å². The van der Waals surface area contributed by atoms with Gasteiger partial charge in [0.15, 0.2) is 6.61 Å². The number of benzene rings is 1. The van der Waals surface area contributed by atoms with E-state index < -0.39 is 12.8 Å². The molecular formula is C15H22F3N3O. The van der Waals surface area contributed by atoms with Gasteiger partial charge in [0.1, 0.15) is 5.75 Å². The molecule has 0 aliphatic carbocycles. The van der Waals surface area contributed by atoms with Crippen LogP contribution in [0.2, 0.25) is 0 Å². The van der Waals surface area contributed by atoms with Gasteiger partial charge in [-0.05, 0) is 26.0 Å². The van der Waals surface area contributed by atoms with Gasteiger partial charge in [0.25, 0.3) is 0 Å². The predicted octanol–water partition coefficient (Wildman–Crippen LogP) is 2.74. The van der Waals surface area contributed by atoms with Crippen LogP contribution in [-0.4, -0.2) is 49.9 Å². The minimum Gasteiger partial charge on any atom is -0.482 e. The standard InChI is InChI=1S/C15H22F3N3O/c1-11(2)20-5-7-21(8-6-20)12-3-4-13(19)14(9-12)22-10-15(16,17)18/h3-4,9,11H,5-8,10,19H2,1-2H3. The predicted molar refractivity (Wildman–Crippen MR) is 81.3 cm³/mol. The molecule has 0 radical (unpaired) electrons. The lowest BCUT2D eigenvalue weighted by Gasteiger charge is -2.38. The highest BCUT2D eigenvalue weighted by Crippen LogP contribution is 2.30. The van der Waals surface area contributed by atoms with Crippen LogP contribution in [0.15, 0.2) is 18.2 Å². The molecule has 0 aromatic heterocycles. The summed E-state index contributed by atoms with van der Waals surface area (Å²) in [5, 5.41) is 0. The zero-order valence-electron chi connectivity index (χ0n) is 12.9. The lowest BCUT2D eigenvalue weighted by Crippen LogP contribution is -2.48. The second-order valence-electron chi connectivity index (χ2n) is 5.74. The third-order valence-corrected chi connectivity index (χ3v) is 3.80. The first-order valence-electron chi connectivity index (χ1n) is 7.34. The van der Waals surface area contributed by atoms with Crippen molar-refractivity contribution in [2.45, 2.75) is 26.1 Å². The van der Waals surface area contributed by atoms with Gasteiger partial charge in [0, 0.05) is 44.0 Å². The minimum atomic E-state index is -4.37. The third-order valence-electron chi connectivity index (χ3n) is 3.80. The first-order valence-corrected chi connectivity index (χ1v) is 7.34. The Labute approximate surface area is 128 Å². The molecule has 22 heavy (non-hydrogen) atoms. The molecule has 0 atom stereocenters. The van der Waals surface area contributed by atoms with E-state index in [-0.39, 0.29) is 11.4 Å². The van der Waals surface area contributed by atoms with Crippen LogP contribution in [0, 0.1) is 0 Å². The fourth-order valence-corrected chi connectivity index (χ4v) is 2.50. The molecule has 1 aromatic carbocycles. The lowest BCUT2D eigenvalue weighted by atomic mass is 10.2. The fraction of sp³-hybridized carbons (Fsp3) is 0.600. The Morgan fingerprint density at radius 2 is 1.82 bits per heavy atom. The topological polar surface area (TPSA) is 41.7 Å². The number of piperazine rings is 1. The second-order valence-corrected chi connectivity index (χ2v) is 5.74. The summed E-state index contributed by atoms with van der Waals surface area (Å²) in [5.74, 6) is 0.0844. The molecule has 1 aromatic rings. The Morgan fingerprint density at radius 1 is 1.18 bits per heavy atom. The second kappa shape index (κ2) is 6.64. The van der Waals surface area contributed by atoms with Crippen LogP contribution in [-0.2, 0) is 0 Å². The molecule has 124 valence electrons. The molecule has 1 fully saturated rings. The molecule has 0 unspecified atom stereocenters. The average molecular weight is 317 g/mol. The molecule has 0 amide bonds. The van der Waals surface area contributed by atoms with Crippen LogP contribution in [0.1, 0.15) is 13.8 Å². The quantitative estimate of drug-likeness (QED) is 0.867. The zero-order valence-corrected chi connectivity index (χ0v) is 12.9. The van der Waals surface area contributed by atoms with Crippen molar-refractivity contribution >= 4 is 11.4 Å². The normalized spacial score (nSPS) is 17.1. The van der Waals surface area contributed by atoms with E-state index in [1.54, 1.807) is 12.1 Å². The van der Waals surface area contributed by atoms with Gasteiger partial charge in [0.2, 0.25) is 0 Å². The van der Waals surface area contributed by atoms with Crippen LogP contribution >= 0.6 is 0 Å². The van der Waals surface area contributed by atoms with Gasteiger partial charge in [-0.1, -0.05) is 0 Å². The largest absolute Gasteiger partial charge is 0.482 e. The molecule has 1 aliphatic heterocycles. The van der Waals surface area contributed by atoms with Crippen LogP contribution in [0.4, 0.5) is 24.5 Å². The number of anilines is 2. The van der Waals surface area contributed by atoms with E-state index in [2.05, 4.69) is 23.6 Å². The molecule has 0 bridgehead atoms. The SMILES string of the molecule is CC(C)N1CCN(c2ccc(N)c(OCC(F)(F)F)c2)CC1. The number of hydrogen-bond acceptors (Lipinski definition) is 4. The smallest absolute Gasteiger partial charge is 0.422 e. The summed E-state index contributed by atoms with van der Waals surface area (Å²) >= 11 is 0. The number of nitrogens with zero attached hydrogens (tertiary/aromatic N) is 2. The Balaban J connectivity index is 2.03. The van der Waals surface area contributed by atoms with Crippen molar-refractivity contribution in [1.29, 1.82) is 0 Å². The van der Waals surface area contributed by atoms with Gasteiger partial charge in [-0.25, -0.2) is 0 Å². The summed E-state index contributed by atoms with van der Waals surface area (Å²) in [5.41, 5.74) is 6.75. The Hall–Kier alpha value is -1.63. The number of ether oxygens (including phenoxy) is 1.